The normalized spacial score (nSPS) is 10.8. The van der Waals surface area contributed by atoms with Crippen LogP contribution in [0.4, 0.5) is 8.78 Å². The van der Waals surface area contributed by atoms with E-state index in [1.54, 1.807) is 6.92 Å². The van der Waals surface area contributed by atoms with E-state index in [-0.39, 0.29) is 4.60 Å². The first kappa shape index (κ1) is 9.38. The number of aromatic amines is 1. The predicted octanol–water partition coefficient (Wildman–Crippen LogP) is 2.38. The number of aryl methyl sites for hydroxylation is 1. The number of hydrogen-bond donors (Lipinski definition) is 1. The summed E-state index contributed by atoms with van der Waals surface area (Å²) in [5.41, 5.74) is -0.606. The van der Waals surface area contributed by atoms with Gasteiger partial charge in [0, 0.05) is 11.8 Å². The molecule has 0 saturated carbocycles. The van der Waals surface area contributed by atoms with Gasteiger partial charge in [0.05, 0.1) is 10.2 Å². The van der Waals surface area contributed by atoms with E-state index in [4.69, 9.17) is 0 Å². The molecule has 5 heteroatoms. The quantitative estimate of drug-likeness (QED) is 0.748. The molecule has 0 aliphatic heterocycles. The molecule has 0 fully saturated rings. The summed E-state index contributed by atoms with van der Waals surface area (Å²) in [5.74, 6) is 0. The summed E-state index contributed by atoms with van der Waals surface area (Å²) in [4.78, 5) is 13.6. The highest BCUT2D eigenvalue weighted by Crippen LogP contribution is 2.21. The predicted molar refractivity (Wildman–Crippen MR) is 44.5 cm³/mol. The molecule has 66 valence electrons. The summed E-state index contributed by atoms with van der Waals surface area (Å²) >= 11 is 2.86. The maximum Gasteiger partial charge on any atom is 0.270 e. The van der Waals surface area contributed by atoms with Crippen LogP contribution < -0.4 is 5.43 Å². The maximum absolute atomic E-state index is 12.2. The summed E-state index contributed by atoms with van der Waals surface area (Å²) < 4.78 is 24.4. The van der Waals surface area contributed by atoms with Gasteiger partial charge in [0.2, 0.25) is 0 Å². The third-order valence-electron chi connectivity index (χ3n) is 1.37. The second-order valence-corrected chi connectivity index (χ2v) is 3.14. The molecule has 0 spiro atoms. The van der Waals surface area contributed by atoms with E-state index in [9.17, 15) is 13.6 Å². The van der Waals surface area contributed by atoms with Crippen LogP contribution in [-0.4, -0.2) is 4.98 Å². The van der Waals surface area contributed by atoms with Gasteiger partial charge in [-0.25, -0.2) is 8.78 Å². The van der Waals surface area contributed by atoms with E-state index >= 15 is 0 Å². The van der Waals surface area contributed by atoms with Crippen LogP contribution in [0.5, 0.6) is 0 Å². The van der Waals surface area contributed by atoms with Gasteiger partial charge < -0.3 is 4.98 Å². The number of rotatable bonds is 1. The zero-order chi connectivity index (χ0) is 9.30. The molecule has 0 amide bonds. The molecule has 0 aliphatic rings. The van der Waals surface area contributed by atoms with Crippen molar-refractivity contribution in [2.24, 2.45) is 0 Å². The molecule has 12 heavy (non-hydrogen) atoms. The summed E-state index contributed by atoms with van der Waals surface area (Å²) in [5, 5.41) is 0. The van der Waals surface area contributed by atoms with Crippen LogP contribution in [0.3, 0.4) is 0 Å². The van der Waals surface area contributed by atoms with Crippen LogP contribution in [0, 0.1) is 6.92 Å². The zero-order valence-electron chi connectivity index (χ0n) is 6.20. The van der Waals surface area contributed by atoms with Crippen molar-refractivity contribution in [2.45, 2.75) is 13.3 Å². The fourth-order valence-corrected chi connectivity index (χ4v) is 1.54. The lowest BCUT2D eigenvalue weighted by Crippen LogP contribution is -2.11. The average molecular weight is 238 g/mol. The minimum Gasteiger partial charge on any atom is -0.353 e. The van der Waals surface area contributed by atoms with Crippen LogP contribution in [-0.2, 0) is 0 Å². The Morgan fingerprint density at radius 3 is 2.58 bits per heavy atom. The van der Waals surface area contributed by atoms with Gasteiger partial charge in [-0.15, -0.1) is 0 Å². The van der Waals surface area contributed by atoms with Crippen molar-refractivity contribution >= 4 is 15.9 Å². The van der Waals surface area contributed by atoms with Gasteiger partial charge in [0.1, 0.15) is 0 Å². The summed E-state index contributed by atoms with van der Waals surface area (Å²) in [6.07, 6.45) is -2.75. The van der Waals surface area contributed by atoms with E-state index in [1.807, 2.05) is 0 Å². The monoisotopic (exact) mass is 237 g/mol. The molecule has 1 N–H and O–H groups in total. The minimum atomic E-state index is -2.75. The lowest BCUT2D eigenvalue weighted by Gasteiger charge is -2.02. The van der Waals surface area contributed by atoms with Crippen LogP contribution in [0.1, 0.15) is 17.7 Å². The Morgan fingerprint density at radius 2 is 2.17 bits per heavy atom. The first-order valence-corrected chi connectivity index (χ1v) is 3.99. The lowest BCUT2D eigenvalue weighted by molar-refractivity contribution is 0.148. The van der Waals surface area contributed by atoms with Crippen molar-refractivity contribution in [1.29, 1.82) is 0 Å². The van der Waals surface area contributed by atoms with Crippen molar-refractivity contribution in [2.75, 3.05) is 0 Å². The minimum absolute atomic E-state index is 0.0579. The van der Waals surface area contributed by atoms with Crippen LogP contribution in [0.2, 0.25) is 0 Å². The molecule has 0 radical (unpaired) electrons. The molecule has 0 unspecified atom stereocenters. The molecular formula is C7H6BrF2NO. The van der Waals surface area contributed by atoms with E-state index in [0.29, 0.717) is 5.69 Å². The lowest BCUT2D eigenvalue weighted by atomic mass is 10.2. The highest BCUT2D eigenvalue weighted by atomic mass is 79.9. The van der Waals surface area contributed by atoms with E-state index < -0.39 is 17.4 Å². The summed E-state index contributed by atoms with van der Waals surface area (Å²) in [7, 11) is 0. The van der Waals surface area contributed by atoms with Gasteiger partial charge in [-0.05, 0) is 22.9 Å². The Hall–Kier alpha value is -0.710. The highest BCUT2D eigenvalue weighted by molar-refractivity contribution is 9.10. The van der Waals surface area contributed by atoms with Crippen LogP contribution in [0.25, 0.3) is 0 Å². The van der Waals surface area contributed by atoms with E-state index in [2.05, 4.69) is 20.9 Å². The molecule has 1 aromatic heterocycles. The first-order chi connectivity index (χ1) is 5.52. The number of alkyl halides is 2. The molecule has 0 saturated heterocycles. The first-order valence-electron chi connectivity index (χ1n) is 3.20. The van der Waals surface area contributed by atoms with Crippen molar-refractivity contribution in [3.63, 3.8) is 0 Å². The van der Waals surface area contributed by atoms with Crippen molar-refractivity contribution in [3.05, 3.63) is 32.2 Å². The van der Waals surface area contributed by atoms with Gasteiger partial charge >= 0.3 is 0 Å². The van der Waals surface area contributed by atoms with Crippen LogP contribution in [0.15, 0.2) is 15.5 Å². The number of aromatic nitrogens is 1. The Balaban J connectivity index is 3.39. The zero-order valence-corrected chi connectivity index (χ0v) is 7.78. The Labute approximate surface area is 75.7 Å². The molecule has 0 atom stereocenters. The SMILES string of the molecule is Cc1cc(=O)c(C(F)F)c(Br)[nH]1. The number of nitrogens with one attached hydrogen (secondary N) is 1. The third-order valence-corrected chi connectivity index (χ3v) is 2.00. The number of hydrogen-bond acceptors (Lipinski definition) is 1. The topological polar surface area (TPSA) is 32.9 Å². The summed E-state index contributed by atoms with van der Waals surface area (Å²) in [6.45, 7) is 1.63. The second kappa shape index (κ2) is 3.35. The van der Waals surface area contributed by atoms with Gasteiger partial charge in [0.25, 0.3) is 6.43 Å². The smallest absolute Gasteiger partial charge is 0.270 e. The Kier molecular flexibility index (Phi) is 2.62. The number of halogens is 3. The number of pyridine rings is 1. The standard InChI is InChI=1S/C7H6BrF2NO/c1-3-2-4(12)5(7(9)10)6(8)11-3/h2,7H,1H3,(H,11,12). The largest absolute Gasteiger partial charge is 0.353 e. The Bertz CT molecular complexity index is 348. The molecule has 2 nitrogen and oxygen atoms in total. The number of H-pyrrole nitrogens is 1. The molecule has 0 aliphatic carbocycles. The van der Waals surface area contributed by atoms with Gasteiger partial charge in [0.15, 0.2) is 5.43 Å². The highest BCUT2D eigenvalue weighted by Gasteiger charge is 2.16. The molecule has 1 heterocycles. The summed E-state index contributed by atoms with van der Waals surface area (Å²) in [6, 6.07) is 1.15. The van der Waals surface area contributed by atoms with Gasteiger partial charge in [-0.3, -0.25) is 4.79 Å². The van der Waals surface area contributed by atoms with Gasteiger partial charge in [-0.1, -0.05) is 0 Å². The molecule has 0 bridgehead atoms. The van der Waals surface area contributed by atoms with Crippen molar-refractivity contribution in [3.8, 4) is 0 Å². The fraction of sp³-hybridized carbons (Fsp3) is 0.286. The molecule has 1 rings (SSSR count). The second-order valence-electron chi connectivity index (χ2n) is 2.34. The average Bonchev–Trinajstić information content (AvgIpc) is 1.82. The van der Waals surface area contributed by atoms with E-state index in [0.717, 1.165) is 6.07 Å². The van der Waals surface area contributed by atoms with E-state index in [1.165, 1.54) is 0 Å². The molecule has 0 aromatic carbocycles. The third kappa shape index (κ3) is 1.72. The Morgan fingerprint density at radius 1 is 1.58 bits per heavy atom. The molecule has 1 aromatic rings. The van der Waals surface area contributed by atoms with Crippen molar-refractivity contribution in [1.82, 2.24) is 4.98 Å². The fourth-order valence-electron chi connectivity index (χ4n) is 0.862. The van der Waals surface area contributed by atoms with Gasteiger partial charge in [-0.2, -0.15) is 0 Å². The maximum atomic E-state index is 12.2. The molecular weight excluding hydrogens is 232 g/mol. The van der Waals surface area contributed by atoms with Crippen LogP contribution >= 0.6 is 15.9 Å². The van der Waals surface area contributed by atoms with Crippen molar-refractivity contribution < 1.29 is 8.78 Å².